The fourth-order valence-corrected chi connectivity index (χ4v) is 2.64. The normalized spacial score (nSPS) is 10.8. The summed E-state index contributed by atoms with van der Waals surface area (Å²) >= 11 is 1.62. The molecule has 1 amide bonds. The molecule has 0 radical (unpaired) electrons. The van der Waals surface area contributed by atoms with E-state index < -0.39 is 0 Å². The van der Waals surface area contributed by atoms with Gasteiger partial charge in [-0.2, -0.15) is 5.10 Å². The molecule has 0 aliphatic rings. The Kier molecular flexibility index (Phi) is 5.11. The lowest BCUT2D eigenvalue weighted by atomic mass is 10.1. The van der Waals surface area contributed by atoms with E-state index in [4.69, 9.17) is 4.74 Å². The number of hydrazone groups is 1. The highest BCUT2D eigenvalue weighted by Crippen LogP contribution is 2.16. The van der Waals surface area contributed by atoms with Gasteiger partial charge in [0.1, 0.15) is 5.75 Å². The second-order valence-electron chi connectivity index (χ2n) is 4.85. The van der Waals surface area contributed by atoms with Crippen molar-refractivity contribution in [3.8, 4) is 5.75 Å². The van der Waals surface area contributed by atoms with E-state index in [1.807, 2.05) is 45.0 Å². The predicted molar refractivity (Wildman–Crippen MR) is 86.2 cm³/mol. The van der Waals surface area contributed by atoms with Crippen LogP contribution in [0.25, 0.3) is 0 Å². The molecule has 1 aromatic heterocycles. The van der Waals surface area contributed by atoms with Crippen molar-refractivity contribution in [1.29, 1.82) is 0 Å². The first kappa shape index (κ1) is 15.3. The van der Waals surface area contributed by atoms with Crippen molar-refractivity contribution >= 4 is 23.5 Å². The number of nitrogens with zero attached hydrogens (tertiary/aromatic N) is 1. The summed E-state index contributed by atoms with van der Waals surface area (Å²) in [6.45, 7) is 5.96. The molecule has 1 N–H and O–H groups in total. The number of ether oxygens (including phenoxy) is 1. The Labute approximate surface area is 128 Å². The van der Waals surface area contributed by atoms with Crippen molar-refractivity contribution in [1.82, 2.24) is 5.43 Å². The van der Waals surface area contributed by atoms with Gasteiger partial charge < -0.3 is 4.74 Å². The molecule has 2 rings (SSSR count). The number of carbonyl (C=O) groups is 1. The van der Waals surface area contributed by atoms with Gasteiger partial charge in [0.25, 0.3) is 5.91 Å². The fraction of sp³-hybridized carbons (Fsp3) is 0.250. The summed E-state index contributed by atoms with van der Waals surface area (Å²) in [4.78, 5) is 13.8. The predicted octanol–water partition coefficient (Wildman–Crippen LogP) is 3.20. The van der Waals surface area contributed by atoms with Crippen molar-refractivity contribution < 1.29 is 9.53 Å². The molecule has 5 heteroatoms. The van der Waals surface area contributed by atoms with Crippen LogP contribution in [0.1, 0.15) is 20.9 Å². The van der Waals surface area contributed by atoms with Gasteiger partial charge >= 0.3 is 0 Å². The monoisotopic (exact) mass is 302 g/mol. The second kappa shape index (κ2) is 7.04. The van der Waals surface area contributed by atoms with E-state index in [0.29, 0.717) is 5.75 Å². The van der Waals surface area contributed by atoms with Crippen LogP contribution in [0.3, 0.4) is 0 Å². The Hall–Kier alpha value is -2.14. The van der Waals surface area contributed by atoms with E-state index in [9.17, 15) is 4.79 Å². The third kappa shape index (κ3) is 5.04. The summed E-state index contributed by atoms with van der Waals surface area (Å²) in [7, 11) is 0. The van der Waals surface area contributed by atoms with E-state index in [-0.39, 0.29) is 12.5 Å². The molecule has 0 aliphatic heterocycles. The number of carbonyl (C=O) groups excluding carboxylic acids is 1. The third-order valence-electron chi connectivity index (χ3n) is 2.71. The smallest absolute Gasteiger partial charge is 0.277 e. The van der Waals surface area contributed by atoms with Gasteiger partial charge in [-0.3, -0.25) is 4.79 Å². The number of hydrogen-bond acceptors (Lipinski definition) is 4. The highest BCUT2D eigenvalue weighted by atomic mass is 32.1. The number of nitrogens with one attached hydrogen (secondary N) is 1. The minimum Gasteiger partial charge on any atom is -0.484 e. The van der Waals surface area contributed by atoms with Crippen molar-refractivity contribution in [2.24, 2.45) is 5.10 Å². The maximum Gasteiger partial charge on any atom is 0.277 e. The van der Waals surface area contributed by atoms with Gasteiger partial charge in [-0.25, -0.2) is 5.43 Å². The lowest BCUT2D eigenvalue weighted by molar-refractivity contribution is -0.123. The first-order valence-corrected chi connectivity index (χ1v) is 7.44. The van der Waals surface area contributed by atoms with Crippen LogP contribution in [0.4, 0.5) is 0 Å². The molecule has 2 aromatic rings. The van der Waals surface area contributed by atoms with E-state index in [0.717, 1.165) is 16.0 Å². The van der Waals surface area contributed by atoms with Gasteiger partial charge in [-0.15, -0.1) is 11.3 Å². The van der Waals surface area contributed by atoms with Gasteiger partial charge in [0.15, 0.2) is 6.61 Å². The third-order valence-corrected chi connectivity index (χ3v) is 3.64. The number of benzene rings is 1. The van der Waals surface area contributed by atoms with E-state index in [1.165, 1.54) is 4.88 Å². The summed E-state index contributed by atoms with van der Waals surface area (Å²) in [5, 5.41) is 3.91. The highest BCUT2D eigenvalue weighted by Gasteiger charge is 2.02. The second-order valence-corrected chi connectivity index (χ2v) is 6.17. The summed E-state index contributed by atoms with van der Waals surface area (Å²) in [5.74, 6) is 0.416. The van der Waals surface area contributed by atoms with Crippen molar-refractivity contribution in [3.05, 3.63) is 51.2 Å². The van der Waals surface area contributed by atoms with Crippen LogP contribution >= 0.6 is 11.3 Å². The Morgan fingerprint density at radius 1 is 1.24 bits per heavy atom. The van der Waals surface area contributed by atoms with Crippen LogP contribution in [0.15, 0.2) is 35.4 Å². The first-order valence-electron chi connectivity index (χ1n) is 6.62. The SMILES string of the molecule is Cc1cc(C)cc(OCC(=O)NN=Cc2ccc(C)s2)c1. The Morgan fingerprint density at radius 2 is 1.95 bits per heavy atom. The van der Waals surface area contributed by atoms with Crippen LogP contribution in [-0.4, -0.2) is 18.7 Å². The molecule has 4 nitrogen and oxygen atoms in total. The Morgan fingerprint density at radius 3 is 2.57 bits per heavy atom. The van der Waals surface area contributed by atoms with E-state index >= 15 is 0 Å². The molecular weight excluding hydrogens is 284 g/mol. The molecule has 0 unspecified atom stereocenters. The quantitative estimate of drug-likeness (QED) is 0.681. The highest BCUT2D eigenvalue weighted by molar-refractivity contribution is 7.13. The zero-order valence-corrected chi connectivity index (χ0v) is 13.2. The minimum atomic E-state index is -0.279. The lowest BCUT2D eigenvalue weighted by Crippen LogP contribution is -2.24. The number of hydrogen-bond donors (Lipinski definition) is 1. The minimum absolute atomic E-state index is 0.0519. The molecule has 0 bridgehead atoms. The molecule has 1 aromatic carbocycles. The first-order chi connectivity index (χ1) is 10.0. The van der Waals surface area contributed by atoms with E-state index in [1.54, 1.807) is 17.6 Å². The van der Waals surface area contributed by atoms with Crippen LogP contribution in [0.5, 0.6) is 5.75 Å². The maximum atomic E-state index is 11.6. The van der Waals surface area contributed by atoms with Gasteiger partial charge in [0.2, 0.25) is 0 Å². The molecule has 0 spiro atoms. The fourth-order valence-electron chi connectivity index (χ4n) is 1.89. The van der Waals surface area contributed by atoms with Crippen molar-refractivity contribution in [2.75, 3.05) is 6.61 Å². The topological polar surface area (TPSA) is 50.7 Å². The van der Waals surface area contributed by atoms with Gasteiger partial charge in [0.05, 0.1) is 6.21 Å². The number of rotatable bonds is 5. The van der Waals surface area contributed by atoms with E-state index in [2.05, 4.69) is 16.6 Å². The average Bonchev–Trinajstić information content (AvgIpc) is 2.81. The Bertz CT molecular complexity index is 642. The van der Waals surface area contributed by atoms with Gasteiger partial charge in [0, 0.05) is 9.75 Å². The molecule has 0 saturated heterocycles. The molecule has 21 heavy (non-hydrogen) atoms. The van der Waals surface area contributed by atoms with Crippen molar-refractivity contribution in [2.45, 2.75) is 20.8 Å². The standard InChI is InChI=1S/C16H18N2O2S/c1-11-6-12(2)8-14(7-11)20-10-16(19)18-17-9-15-5-4-13(3)21-15/h4-9H,10H2,1-3H3,(H,18,19). The maximum absolute atomic E-state index is 11.6. The number of aryl methyl sites for hydroxylation is 3. The molecule has 0 atom stereocenters. The zero-order valence-electron chi connectivity index (χ0n) is 12.3. The van der Waals surface area contributed by atoms with Gasteiger partial charge in [-0.1, -0.05) is 6.07 Å². The molecule has 0 fully saturated rings. The molecule has 0 aliphatic carbocycles. The average molecular weight is 302 g/mol. The van der Waals surface area contributed by atoms with Gasteiger partial charge in [-0.05, 0) is 56.2 Å². The van der Waals surface area contributed by atoms with Crippen LogP contribution in [0, 0.1) is 20.8 Å². The summed E-state index contributed by atoms with van der Waals surface area (Å²) < 4.78 is 5.45. The molecule has 1 heterocycles. The summed E-state index contributed by atoms with van der Waals surface area (Å²) in [6, 6.07) is 9.83. The zero-order chi connectivity index (χ0) is 15.2. The molecule has 110 valence electrons. The largest absolute Gasteiger partial charge is 0.484 e. The molecule has 0 saturated carbocycles. The summed E-state index contributed by atoms with van der Waals surface area (Å²) in [6.07, 6.45) is 1.63. The summed E-state index contributed by atoms with van der Waals surface area (Å²) in [5.41, 5.74) is 4.67. The number of thiophene rings is 1. The molecular formula is C16H18N2O2S. The van der Waals surface area contributed by atoms with Crippen LogP contribution in [0.2, 0.25) is 0 Å². The Balaban J connectivity index is 1.80. The lowest BCUT2D eigenvalue weighted by Gasteiger charge is -2.07. The van der Waals surface area contributed by atoms with Crippen molar-refractivity contribution in [3.63, 3.8) is 0 Å². The van der Waals surface area contributed by atoms with Crippen LogP contribution < -0.4 is 10.2 Å². The number of amides is 1. The van der Waals surface area contributed by atoms with Crippen LogP contribution in [-0.2, 0) is 4.79 Å².